The molecule has 1 aromatic heterocycles. The molecule has 7 nitrogen and oxygen atoms in total. The second-order valence-corrected chi connectivity index (χ2v) is 8.75. The van der Waals surface area contributed by atoms with Gasteiger partial charge in [-0.15, -0.1) is 0 Å². The topological polar surface area (TPSA) is 78.7 Å². The number of aliphatic hydroxyl groups is 1. The van der Waals surface area contributed by atoms with E-state index in [4.69, 9.17) is 4.98 Å². The van der Waals surface area contributed by atoms with Gasteiger partial charge in [-0.1, -0.05) is 30.3 Å². The number of rotatable bonds is 3. The summed E-state index contributed by atoms with van der Waals surface area (Å²) in [6.45, 7) is 4.20. The number of benzene rings is 2. The van der Waals surface area contributed by atoms with Gasteiger partial charge in [0.05, 0.1) is 17.0 Å². The second kappa shape index (κ2) is 8.84. The summed E-state index contributed by atoms with van der Waals surface area (Å²) in [5.41, 5.74) is 2.36. The smallest absolute Gasteiger partial charge is 0.261 e. The van der Waals surface area contributed by atoms with Gasteiger partial charge < -0.3 is 10.0 Å². The maximum Gasteiger partial charge on any atom is 0.261 e. The first-order chi connectivity index (χ1) is 15.6. The molecule has 0 atom stereocenters. The van der Waals surface area contributed by atoms with Crippen molar-refractivity contribution in [2.45, 2.75) is 38.5 Å². The van der Waals surface area contributed by atoms with E-state index in [9.17, 15) is 14.7 Å². The van der Waals surface area contributed by atoms with E-state index in [1.807, 2.05) is 18.2 Å². The van der Waals surface area contributed by atoms with E-state index in [-0.39, 0.29) is 17.6 Å². The average molecular weight is 433 g/mol. The van der Waals surface area contributed by atoms with E-state index in [1.165, 1.54) is 5.56 Å². The van der Waals surface area contributed by atoms with Crippen LogP contribution in [0.2, 0.25) is 0 Å². The molecule has 0 saturated carbocycles. The Bertz CT molecular complexity index is 1180. The SMILES string of the molecule is O=C(c1ccc2c(=O)n3c(nc2c1)CCN(Cc1ccccc1)CC3)N1CCC(O)CC1. The largest absolute Gasteiger partial charge is 0.393 e. The molecule has 0 bridgehead atoms. The van der Waals surface area contributed by atoms with Gasteiger partial charge in [-0.25, -0.2) is 4.98 Å². The summed E-state index contributed by atoms with van der Waals surface area (Å²) < 4.78 is 1.79. The number of nitrogens with zero attached hydrogens (tertiary/aromatic N) is 4. The fourth-order valence-electron chi connectivity index (χ4n) is 4.68. The van der Waals surface area contributed by atoms with Gasteiger partial charge >= 0.3 is 0 Å². The number of hydrogen-bond donors (Lipinski definition) is 1. The lowest BCUT2D eigenvalue weighted by Crippen LogP contribution is -2.40. The van der Waals surface area contributed by atoms with Crippen molar-refractivity contribution in [2.75, 3.05) is 26.2 Å². The van der Waals surface area contributed by atoms with Crippen LogP contribution in [0.4, 0.5) is 0 Å². The van der Waals surface area contributed by atoms with Gasteiger partial charge in [0.25, 0.3) is 11.5 Å². The first-order valence-electron chi connectivity index (χ1n) is 11.4. The number of hydrogen-bond acceptors (Lipinski definition) is 5. The fourth-order valence-corrected chi connectivity index (χ4v) is 4.68. The molecule has 3 aromatic rings. The third-order valence-corrected chi connectivity index (χ3v) is 6.57. The zero-order chi connectivity index (χ0) is 22.1. The van der Waals surface area contributed by atoms with Crippen LogP contribution in [0.1, 0.15) is 34.6 Å². The van der Waals surface area contributed by atoms with Gasteiger partial charge in [-0.05, 0) is 36.6 Å². The number of likely N-dealkylation sites (tertiary alicyclic amines) is 1. The first-order valence-corrected chi connectivity index (χ1v) is 11.4. The summed E-state index contributed by atoms with van der Waals surface area (Å²) in [7, 11) is 0. The summed E-state index contributed by atoms with van der Waals surface area (Å²) >= 11 is 0. The number of carbonyl (C=O) groups excluding carboxylic acids is 1. The lowest BCUT2D eigenvalue weighted by atomic mass is 10.1. The van der Waals surface area contributed by atoms with Crippen molar-refractivity contribution in [2.24, 2.45) is 0 Å². The highest BCUT2D eigenvalue weighted by Gasteiger charge is 2.23. The van der Waals surface area contributed by atoms with Crippen LogP contribution in [0.3, 0.4) is 0 Å². The summed E-state index contributed by atoms with van der Waals surface area (Å²) in [6, 6.07) is 15.6. The van der Waals surface area contributed by atoms with Gasteiger partial charge in [-0.2, -0.15) is 0 Å². The highest BCUT2D eigenvalue weighted by molar-refractivity contribution is 5.97. The molecule has 1 N–H and O–H groups in total. The van der Waals surface area contributed by atoms with Crippen molar-refractivity contribution in [3.8, 4) is 0 Å². The van der Waals surface area contributed by atoms with E-state index in [1.54, 1.807) is 27.7 Å². The fraction of sp³-hybridized carbons (Fsp3) is 0.400. The van der Waals surface area contributed by atoms with Crippen molar-refractivity contribution in [3.63, 3.8) is 0 Å². The minimum Gasteiger partial charge on any atom is -0.393 e. The van der Waals surface area contributed by atoms with Crippen molar-refractivity contribution in [1.29, 1.82) is 0 Å². The van der Waals surface area contributed by atoms with E-state index in [0.717, 1.165) is 25.5 Å². The highest BCUT2D eigenvalue weighted by Crippen LogP contribution is 2.18. The number of piperidine rings is 1. The zero-order valence-corrected chi connectivity index (χ0v) is 18.1. The van der Waals surface area contributed by atoms with Gasteiger partial charge in [0.1, 0.15) is 5.82 Å². The van der Waals surface area contributed by atoms with Gasteiger partial charge in [0.15, 0.2) is 0 Å². The molecule has 2 aliphatic heterocycles. The van der Waals surface area contributed by atoms with Crippen LogP contribution in [0.25, 0.3) is 10.9 Å². The second-order valence-electron chi connectivity index (χ2n) is 8.75. The Hall–Kier alpha value is -3.03. The summed E-state index contributed by atoms with van der Waals surface area (Å²) in [5.74, 6) is 0.716. The van der Waals surface area contributed by atoms with Crippen LogP contribution in [-0.4, -0.2) is 62.6 Å². The molecule has 166 valence electrons. The number of aromatic nitrogens is 2. The molecule has 0 radical (unpaired) electrons. The standard InChI is InChI=1S/C25H28N4O3/c30-20-8-12-28(13-9-20)24(31)19-6-7-21-22(16-19)26-23-10-11-27(14-15-29(23)25(21)32)17-18-4-2-1-3-5-18/h1-7,16,20,30H,8-15,17H2. The Morgan fingerprint density at radius 1 is 1.00 bits per heavy atom. The average Bonchev–Trinajstić information content (AvgIpc) is 3.02. The monoisotopic (exact) mass is 432 g/mol. The van der Waals surface area contributed by atoms with Gasteiger partial charge in [0.2, 0.25) is 0 Å². The molecule has 0 aliphatic carbocycles. The minimum atomic E-state index is -0.325. The maximum absolute atomic E-state index is 13.2. The molecule has 5 rings (SSSR count). The van der Waals surface area contributed by atoms with Crippen LogP contribution in [0.5, 0.6) is 0 Å². The van der Waals surface area contributed by atoms with Crippen LogP contribution in [-0.2, 0) is 19.5 Å². The lowest BCUT2D eigenvalue weighted by molar-refractivity contribution is 0.0546. The van der Waals surface area contributed by atoms with Crippen molar-refractivity contribution < 1.29 is 9.90 Å². The van der Waals surface area contributed by atoms with E-state index < -0.39 is 0 Å². The Balaban J connectivity index is 1.39. The summed E-state index contributed by atoms with van der Waals surface area (Å²) in [4.78, 5) is 35.0. The van der Waals surface area contributed by atoms with Crippen LogP contribution >= 0.6 is 0 Å². The van der Waals surface area contributed by atoms with E-state index in [0.29, 0.717) is 55.4 Å². The Kier molecular flexibility index (Phi) is 5.76. The molecule has 1 amide bonds. The minimum absolute atomic E-state index is 0.0355. The Morgan fingerprint density at radius 2 is 1.78 bits per heavy atom. The number of fused-ring (bicyclic) bond motifs is 2. The predicted molar refractivity (Wildman–Crippen MR) is 123 cm³/mol. The maximum atomic E-state index is 13.2. The molecule has 1 saturated heterocycles. The molecule has 32 heavy (non-hydrogen) atoms. The Labute approximate surface area is 186 Å². The third-order valence-electron chi connectivity index (χ3n) is 6.57. The summed E-state index contributed by atoms with van der Waals surface area (Å²) in [6.07, 6.45) is 1.58. The molecule has 2 aliphatic rings. The van der Waals surface area contributed by atoms with Crippen LogP contribution in [0, 0.1) is 0 Å². The summed E-state index contributed by atoms with van der Waals surface area (Å²) in [5, 5.41) is 10.3. The van der Waals surface area contributed by atoms with Crippen molar-refractivity contribution in [3.05, 3.63) is 75.8 Å². The molecule has 2 aromatic carbocycles. The molecule has 1 fully saturated rings. The number of amides is 1. The predicted octanol–water partition coefficient (Wildman–Crippen LogP) is 2.05. The van der Waals surface area contributed by atoms with Gasteiger partial charge in [-0.3, -0.25) is 19.1 Å². The lowest BCUT2D eigenvalue weighted by Gasteiger charge is -2.29. The Morgan fingerprint density at radius 3 is 2.56 bits per heavy atom. The van der Waals surface area contributed by atoms with Crippen LogP contribution in [0.15, 0.2) is 53.3 Å². The number of aliphatic hydroxyl groups excluding tert-OH is 1. The molecular formula is C25H28N4O3. The van der Waals surface area contributed by atoms with Crippen LogP contribution < -0.4 is 5.56 Å². The molecular weight excluding hydrogens is 404 g/mol. The molecule has 0 unspecified atom stereocenters. The van der Waals surface area contributed by atoms with Gasteiger partial charge in [0, 0.05) is 51.3 Å². The molecule has 7 heteroatoms. The molecule has 3 heterocycles. The normalized spacial score (nSPS) is 17.8. The quantitative estimate of drug-likeness (QED) is 0.685. The first kappa shape index (κ1) is 20.8. The van der Waals surface area contributed by atoms with E-state index >= 15 is 0 Å². The number of carbonyl (C=O) groups is 1. The van der Waals surface area contributed by atoms with Crippen molar-refractivity contribution >= 4 is 16.8 Å². The zero-order valence-electron chi connectivity index (χ0n) is 18.1. The third kappa shape index (κ3) is 4.18. The van der Waals surface area contributed by atoms with Crippen molar-refractivity contribution in [1.82, 2.24) is 19.4 Å². The highest BCUT2D eigenvalue weighted by atomic mass is 16.3. The van der Waals surface area contributed by atoms with E-state index in [2.05, 4.69) is 17.0 Å². The molecule has 0 spiro atoms.